The summed E-state index contributed by atoms with van der Waals surface area (Å²) in [6.45, 7) is 2.17. The van der Waals surface area contributed by atoms with Gasteiger partial charge < -0.3 is 0 Å². The maximum atomic E-state index is 12.7. The highest BCUT2D eigenvalue weighted by Crippen LogP contribution is 2.37. The molecule has 1 aromatic rings. The Morgan fingerprint density at radius 3 is 2.65 bits per heavy atom. The van der Waals surface area contributed by atoms with Crippen LogP contribution in [0.4, 0.5) is 13.2 Å². The second-order valence-corrected chi connectivity index (χ2v) is 6.33. The number of rotatable bonds is 3. The van der Waals surface area contributed by atoms with E-state index in [9.17, 15) is 13.2 Å². The van der Waals surface area contributed by atoms with Gasteiger partial charge in [-0.1, -0.05) is 31.5 Å². The minimum Gasteiger partial charge on any atom is -0.166 e. The van der Waals surface area contributed by atoms with Gasteiger partial charge >= 0.3 is 6.18 Å². The van der Waals surface area contributed by atoms with Crippen molar-refractivity contribution in [2.24, 2.45) is 11.8 Å². The first-order valence-corrected chi connectivity index (χ1v) is 7.64. The van der Waals surface area contributed by atoms with Crippen molar-refractivity contribution in [3.05, 3.63) is 35.4 Å². The van der Waals surface area contributed by atoms with Gasteiger partial charge in [-0.15, -0.1) is 11.6 Å². The highest BCUT2D eigenvalue weighted by molar-refractivity contribution is 6.20. The van der Waals surface area contributed by atoms with Crippen molar-refractivity contribution in [2.75, 3.05) is 0 Å². The van der Waals surface area contributed by atoms with Crippen molar-refractivity contribution in [3.63, 3.8) is 0 Å². The van der Waals surface area contributed by atoms with E-state index < -0.39 is 11.7 Å². The Hall–Kier alpha value is -0.700. The molecule has 1 aliphatic rings. The molecular formula is C16H20ClF3. The highest BCUT2D eigenvalue weighted by Gasteiger charge is 2.32. The van der Waals surface area contributed by atoms with Crippen LogP contribution in [-0.4, -0.2) is 5.38 Å². The normalized spacial score (nSPS) is 27.6. The van der Waals surface area contributed by atoms with Crippen molar-refractivity contribution in [1.82, 2.24) is 0 Å². The van der Waals surface area contributed by atoms with Crippen LogP contribution >= 0.6 is 11.6 Å². The van der Waals surface area contributed by atoms with Gasteiger partial charge in [0.15, 0.2) is 0 Å². The van der Waals surface area contributed by atoms with Crippen LogP contribution in [0.1, 0.15) is 43.7 Å². The Morgan fingerprint density at radius 2 is 2.00 bits per heavy atom. The lowest BCUT2D eigenvalue weighted by atomic mass is 9.77. The first kappa shape index (κ1) is 15.7. The van der Waals surface area contributed by atoms with E-state index in [1.165, 1.54) is 12.1 Å². The largest absolute Gasteiger partial charge is 0.416 e. The third-order valence-corrected chi connectivity index (χ3v) is 4.90. The summed E-state index contributed by atoms with van der Waals surface area (Å²) >= 11 is 6.36. The standard InChI is InChI=1S/C16H20ClF3/c1-2-11-6-7-15(17)13(8-11)9-12-4-3-5-14(10-12)16(18,19)20/h3-5,10-11,13,15H,2,6-9H2,1H3. The van der Waals surface area contributed by atoms with Gasteiger partial charge in [0, 0.05) is 5.38 Å². The lowest BCUT2D eigenvalue weighted by molar-refractivity contribution is -0.137. The van der Waals surface area contributed by atoms with Crippen molar-refractivity contribution in [3.8, 4) is 0 Å². The molecule has 0 radical (unpaired) electrons. The minimum absolute atomic E-state index is 0.0901. The second-order valence-electron chi connectivity index (χ2n) is 5.77. The van der Waals surface area contributed by atoms with Crippen LogP contribution in [0, 0.1) is 11.8 Å². The zero-order valence-electron chi connectivity index (χ0n) is 11.6. The fraction of sp³-hybridized carbons (Fsp3) is 0.625. The molecule has 0 N–H and O–H groups in total. The van der Waals surface area contributed by atoms with Gasteiger partial charge in [-0.3, -0.25) is 0 Å². The maximum absolute atomic E-state index is 12.7. The predicted octanol–water partition coefficient (Wildman–Crippen LogP) is 5.68. The van der Waals surface area contributed by atoms with Crippen molar-refractivity contribution < 1.29 is 13.2 Å². The van der Waals surface area contributed by atoms with Gasteiger partial charge in [0.25, 0.3) is 0 Å². The van der Waals surface area contributed by atoms with E-state index in [-0.39, 0.29) is 5.38 Å². The Morgan fingerprint density at radius 1 is 1.25 bits per heavy atom. The van der Waals surface area contributed by atoms with E-state index >= 15 is 0 Å². The lowest BCUT2D eigenvalue weighted by Crippen LogP contribution is -2.27. The van der Waals surface area contributed by atoms with Gasteiger partial charge in [0.1, 0.15) is 0 Å². The summed E-state index contributed by atoms with van der Waals surface area (Å²) < 4.78 is 38.1. The summed E-state index contributed by atoms with van der Waals surface area (Å²) in [6.07, 6.45) is 0.653. The molecule has 3 atom stereocenters. The van der Waals surface area contributed by atoms with E-state index in [1.807, 2.05) is 0 Å². The molecular weight excluding hydrogens is 285 g/mol. The summed E-state index contributed by atoms with van der Waals surface area (Å²) in [7, 11) is 0. The molecule has 1 saturated carbocycles. The summed E-state index contributed by atoms with van der Waals surface area (Å²) in [5, 5.41) is 0.0901. The molecule has 0 bridgehead atoms. The fourth-order valence-corrected chi connectivity index (χ4v) is 3.40. The molecule has 0 heterocycles. The van der Waals surface area contributed by atoms with Crippen molar-refractivity contribution >= 4 is 11.6 Å². The Bertz CT molecular complexity index is 442. The molecule has 0 amide bonds. The number of benzene rings is 1. The zero-order chi connectivity index (χ0) is 14.8. The molecule has 0 nitrogen and oxygen atoms in total. The number of hydrogen-bond acceptors (Lipinski definition) is 0. The molecule has 3 unspecified atom stereocenters. The monoisotopic (exact) mass is 304 g/mol. The summed E-state index contributed by atoms with van der Waals surface area (Å²) in [6, 6.07) is 5.65. The Balaban J connectivity index is 2.09. The predicted molar refractivity (Wildman–Crippen MR) is 75.9 cm³/mol. The third kappa shape index (κ3) is 3.91. The number of hydrogen-bond donors (Lipinski definition) is 0. The summed E-state index contributed by atoms with van der Waals surface area (Å²) in [5.41, 5.74) is 0.177. The van der Waals surface area contributed by atoms with Crippen LogP contribution in [0.3, 0.4) is 0 Å². The quantitative estimate of drug-likeness (QED) is 0.630. The van der Waals surface area contributed by atoms with Crippen LogP contribution < -0.4 is 0 Å². The van der Waals surface area contributed by atoms with Gasteiger partial charge in [0.2, 0.25) is 0 Å². The van der Waals surface area contributed by atoms with E-state index in [1.54, 1.807) is 6.07 Å². The maximum Gasteiger partial charge on any atom is 0.416 e. The van der Waals surface area contributed by atoms with E-state index in [4.69, 9.17) is 11.6 Å². The van der Waals surface area contributed by atoms with E-state index in [0.29, 0.717) is 18.3 Å². The molecule has 0 aromatic heterocycles. The lowest BCUT2D eigenvalue weighted by Gasteiger charge is -2.32. The average molecular weight is 305 g/mol. The zero-order valence-corrected chi connectivity index (χ0v) is 12.3. The smallest absolute Gasteiger partial charge is 0.166 e. The van der Waals surface area contributed by atoms with Gasteiger partial charge in [0.05, 0.1) is 5.56 Å². The Labute approximate surface area is 123 Å². The molecule has 2 rings (SSSR count). The van der Waals surface area contributed by atoms with Crippen LogP contribution in [0.2, 0.25) is 0 Å². The van der Waals surface area contributed by atoms with Crippen molar-refractivity contribution in [2.45, 2.75) is 50.6 Å². The molecule has 20 heavy (non-hydrogen) atoms. The van der Waals surface area contributed by atoms with Crippen LogP contribution in [0.25, 0.3) is 0 Å². The molecule has 4 heteroatoms. The Kier molecular flexibility index (Phi) is 5.00. The molecule has 1 aliphatic carbocycles. The fourth-order valence-electron chi connectivity index (χ4n) is 3.08. The molecule has 0 saturated heterocycles. The molecule has 1 fully saturated rings. The first-order chi connectivity index (χ1) is 9.40. The van der Waals surface area contributed by atoms with Crippen LogP contribution in [0.15, 0.2) is 24.3 Å². The van der Waals surface area contributed by atoms with E-state index in [0.717, 1.165) is 37.3 Å². The van der Waals surface area contributed by atoms with Gasteiger partial charge in [-0.05, 0) is 49.1 Å². The molecule has 0 spiro atoms. The van der Waals surface area contributed by atoms with E-state index in [2.05, 4.69) is 6.92 Å². The molecule has 1 aromatic carbocycles. The van der Waals surface area contributed by atoms with Gasteiger partial charge in [-0.25, -0.2) is 0 Å². The van der Waals surface area contributed by atoms with Crippen LogP contribution in [-0.2, 0) is 12.6 Å². The topological polar surface area (TPSA) is 0 Å². The van der Waals surface area contributed by atoms with Gasteiger partial charge in [-0.2, -0.15) is 13.2 Å². The highest BCUT2D eigenvalue weighted by atomic mass is 35.5. The first-order valence-electron chi connectivity index (χ1n) is 7.20. The molecule has 0 aliphatic heterocycles. The number of halogens is 4. The second kappa shape index (κ2) is 6.38. The SMILES string of the molecule is CCC1CCC(Cl)C(Cc2cccc(C(F)(F)F)c2)C1. The number of alkyl halides is 4. The molecule has 112 valence electrons. The minimum atomic E-state index is -4.27. The van der Waals surface area contributed by atoms with Crippen molar-refractivity contribution in [1.29, 1.82) is 0 Å². The average Bonchev–Trinajstić information content (AvgIpc) is 2.41. The summed E-state index contributed by atoms with van der Waals surface area (Å²) in [5.74, 6) is 0.958. The summed E-state index contributed by atoms with van der Waals surface area (Å²) in [4.78, 5) is 0. The van der Waals surface area contributed by atoms with Crippen LogP contribution in [0.5, 0.6) is 0 Å². The third-order valence-electron chi connectivity index (χ3n) is 4.33.